The summed E-state index contributed by atoms with van der Waals surface area (Å²) in [6.45, 7) is 5.12. The molecule has 1 aromatic heterocycles. The minimum Gasteiger partial charge on any atom is -0.310 e. The van der Waals surface area contributed by atoms with Crippen LogP contribution in [0.1, 0.15) is 36.3 Å². The van der Waals surface area contributed by atoms with Crippen molar-refractivity contribution < 1.29 is 0 Å². The predicted octanol–water partition coefficient (Wildman–Crippen LogP) is 3.67. The second-order valence-electron chi connectivity index (χ2n) is 5.09. The van der Waals surface area contributed by atoms with Gasteiger partial charge in [-0.05, 0) is 25.5 Å². The molecule has 0 bridgehead atoms. The van der Waals surface area contributed by atoms with Crippen molar-refractivity contribution in [2.75, 3.05) is 6.54 Å². The fourth-order valence-corrected chi connectivity index (χ4v) is 2.64. The molecule has 0 fully saturated rings. The molecule has 0 aliphatic rings. The zero-order chi connectivity index (χ0) is 14.5. The van der Waals surface area contributed by atoms with E-state index in [1.165, 1.54) is 5.56 Å². The van der Waals surface area contributed by atoms with Gasteiger partial charge in [0.25, 0.3) is 0 Å². The van der Waals surface area contributed by atoms with E-state index >= 15 is 0 Å². The summed E-state index contributed by atoms with van der Waals surface area (Å²) in [5.74, 6) is 0. The quantitative estimate of drug-likeness (QED) is 0.880. The van der Waals surface area contributed by atoms with Crippen LogP contribution in [-0.2, 0) is 13.5 Å². The SMILES string of the molecule is CCCNC(Cc1c(Cl)c(C)nn1C)c1ccccc1. The first-order chi connectivity index (χ1) is 9.63. The van der Waals surface area contributed by atoms with Crippen LogP contribution in [0.4, 0.5) is 0 Å². The Bertz CT molecular complexity index is 548. The molecule has 1 heterocycles. The van der Waals surface area contributed by atoms with E-state index in [0.29, 0.717) is 0 Å². The van der Waals surface area contributed by atoms with Gasteiger partial charge >= 0.3 is 0 Å². The van der Waals surface area contributed by atoms with Crippen molar-refractivity contribution >= 4 is 11.6 Å². The third-order valence-corrected chi connectivity index (χ3v) is 3.99. The Kier molecular flexibility index (Phi) is 5.21. The average molecular weight is 292 g/mol. The summed E-state index contributed by atoms with van der Waals surface area (Å²) in [5.41, 5.74) is 3.27. The fraction of sp³-hybridized carbons (Fsp3) is 0.438. The van der Waals surface area contributed by atoms with E-state index in [2.05, 4.69) is 41.6 Å². The lowest BCUT2D eigenvalue weighted by molar-refractivity contribution is 0.512. The van der Waals surface area contributed by atoms with Gasteiger partial charge in [0.1, 0.15) is 0 Å². The second-order valence-corrected chi connectivity index (χ2v) is 5.47. The topological polar surface area (TPSA) is 29.9 Å². The molecule has 1 N–H and O–H groups in total. The molecular formula is C16H22ClN3. The molecular weight excluding hydrogens is 270 g/mol. The van der Waals surface area contributed by atoms with Gasteiger partial charge in [-0.15, -0.1) is 0 Å². The minimum absolute atomic E-state index is 0.267. The molecule has 0 spiro atoms. The van der Waals surface area contributed by atoms with Crippen molar-refractivity contribution in [2.24, 2.45) is 7.05 Å². The Morgan fingerprint density at radius 2 is 2.00 bits per heavy atom. The van der Waals surface area contributed by atoms with Crippen molar-refractivity contribution in [2.45, 2.75) is 32.7 Å². The van der Waals surface area contributed by atoms with Gasteiger partial charge in [-0.2, -0.15) is 5.10 Å². The van der Waals surface area contributed by atoms with Gasteiger partial charge < -0.3 is 5.32 Å². The normalized spacial score (nSPS) is 12.6. The summed E-state index contributed by atoms with van der Waals surface area (Å²) in [5, 5.41) is 8.78. The number of aryl methyl sites for hydroxylation is 2. The fourth-order valence-electron chi connectivity index (χ4n) is 2.41. The highest BCUT2D eigenvalue weighted by atomic mass is 35.5. The molecule has 108 valence electrons. The third kappa shape index (κ3) is 3.41. The van der Waals surface area contributed by atoms with Gasteiger partial charge in [0.05, 0.1) is 16.4 Å². The Balaban J connectivity index is 2.24. The molecule has 1 unspecified atom stereocenters. The number of nitrogens with one attached hydrogen (secondary N) is 1. The maximum absolute atomic E-state index is 6.37. The molecule has 0 aliphatic carbocycles. The van der Waals surface area contributed by atoms with Crippen LogP contribution in [0.3, 0.4) is 0 Å². The maximum atomic E-state index is 6.37. The van der Waals surface area contributed by atoms with E-state index in [4.69, 9.17) is 11.6 Å². The van der Waals surface area contributed by atoms with Crippen LogP contribution < -0.4 is 5.32 Å². The van der Waals surface area contributed by atoms with Gasteiger partial charge in [-0.25, -0.2) is 0 Å². The molecule has 1 atom stereocenters. The molecule has 0 aliphatic heterocycles. The number of benzene rings is 1. The number of hydrogen-bond acceptors (Lipinski definition) is 2. The van der Waals surface area contributed by atoms with Gasteiger partial charge in [-0.3, -0.25) is 4.68 Å². The summed E-state index contributed by atoms with van der Waals surface area (Å²) in [4.78, 5) is 0. The zero-order valence-corrected chi connectivity index (χ0v) is 13.1. The van der Waals surface area contributed by atoms with E-state index in [1.807, 2.05) is 24.7 Å². The van der Waals surface area contributed by atoms with Crippen LogP contribution in [0.5, 0.6) is 0 Å². The van der Waals surface area contributed by atoms with Gasteiger partial charge in [0.15, 0.2) is 0 Å². The summed E-state index contributed by atoms with van der Waals surface area (Å²) in [7, 11) is 1.95. The molecule has 1 aromatic carbocycles. The smallest absolute Gasteiger partial charge is 0.0847 e. The monoisotopic (exact) mass is 291 g/mol. The molecule has 0 saturated carbocycles. The van der Waals surface area contributed by atoms with Gasteiger partial charge in [0, 0.05) is 19.5 Å². The number of aromatic nitrogens is 2. The van der Waals surface area contributed by atoms with Crippen molar-refractivity contribution in [1.82, 2.24) is 15.1 Å². The van der Waals surface area contributed by atoms with E-state index < -0.39 is 0 Å². The molecule has 4 heteroatoms. The largest absolute Gasteiger partial charge is 0.310 e. The number of rotatable bonds is 6. The summed E-state index contributed by atoms with van der Waals surface area (Å²) >= 11 is 6.37. The first kappa shape index (κ1) is 15.1. The minimum atomic E-state index is 0.267. The first-order valence-corrected chi connectivity index (χ1v) is 7.47. The van der Waals surface area contributed by atoms with E-state index in [0.717, 1.165) is 35.8 Å². The highest BCUT2D eigenvalue weighted by molar-refractivity contribution is 6.31. The van der Waals surface area contributed by atoms with E-state index in [9.17, 15) is 0 Å². The van der Waals surface area contributed by atoms with Crippen LogP contribution in [0.25, 0.3) is 0 Å². The predicted molar refractivity (Wildman–Crippen MR) is 84.1 cm³/mol. The van der Waals surface area contributed by atoms with Gasteiger partial charge in [-0.1, -0.05) is 48.9 Å². The second kappa shape index (κ2) is 6.91. The molecule has 2 rings (SSSR count). The van der Waals surface area contributed by atoms with Crippen LogP contribution in [0, 0.1) is 6.92 Å². The average Bonchev–Trinajstić information content (AvgIpc) is 2.70. The standard InChI is InChI=1S/C16H22ClN3/c1-4-10-18-14(13-8-6-5-7-9-13)11-15-16(17)12(2)19-20(15)3/h5-9,14,18H,4,10-11H2,1-3H3. The van der Waals surface area contributed by atoms with Crippen LogP contribution in [0.2, 0.25) is 5.02 Å². The highest BCUT2D eigenvalue weighted by Crippen LogP contribution is 2.25. The lowest BCUT2D eigenvalue weighted by atomic mass is 10.0. The van der Waals surface area contributed by atoms with Crippen molar-refractivity contribution in [3.63, 3.8) is 0 Å². The molecule has 3 nitrogen and oxygen atoms in total. The number of halogens is 1. The third-order valence-electron chi connectivity index (χ3n) is 3.50. The van der Waals surface area contributed by atoms with Crippen molar-refractivity contribution in [3.05, 3.63) is 52.3 Å². The lowest BCUT2D eigenvalue weighted by Gasteiger charge is -2.19. The summed E-state index contributed by atoms with van der Waals surface area (Å²) < 4.78 is 1.89. The van der Waals surface area contributed by atoms with Crippen LogP contribution >= 0.6 is 11.6 Å². The first-order valence-electron chi connectivity index (χ1n) is 7.09. The lowest BCUT2D eigenvalue weighted by Crippen LogP contribution is -2.25. The maximum Gasteiger partial charge on any atom is 0.0847 e. The highest BCUT2D eigenvalue weighted by Gasteiger charge is 2.17. The Morgan fingerprint density at radius 1 is 1.30 bits per heavy atom. The Labute approximate surface area is 126 Å². The van der Waals surface area contributed by atoms with Crippen molar-refractivity contribution in [3.8, 4) is 0 Å². The number of hydrogen-bond donors (Lipinski definition) is 1. The van der Waals surface area contributed by atoms with Gasteiger partial charge in [0.2, 0.25) is 0 Å². The summed E-state index contributed by atoms with van der Waals surface area (Å²) in [6.07, 6.45) is 1.96. The molecule has 20 heavy (non-hydrogen) atoms. The molecule has 0 saturated heterocycles. The molecule has 0 radical (unpaired) electrons. The Hall–Kier alpha value is -1.32. The zero-order valence-electron chi connectivity index (χ0n) is 12.4. The van der Waals surface area contributed by atoms with Crippen molar-refractivity contribution in [1.29, 1.82) is 0 Å². The van der Waals surface area contributed by atoms with E-state index in [-0.39, 0.29) is 6.04 Å². The Morgan fingerprint density at radius 3 is 2.55 bits per heavy atom. The van der Waals surface area contributed by atoms with Crippen LogP contribution in [0.15, 0.2) is 30.3 Å². The van der Waals surface area contributed by atoms with E-state index in [1.54, 1.807) is 0 Å². The molecule has 2 aromatic rings. The summed E-state index contributed by atoms with van der Waals surface area (Å²) in [6, 6.07) is 10.8. The van der Waals surface area contributed by atoms with Crippen LogP contribution in [-0.4, -0.2) is 16.3 Å². The molecule has 0 amide bonds. The number of nitrogens with zero attached hydrogens (tertiary/aromatic N) is 2.